The average Bonchev–Trinajstić information content (AvgIpc) is 1.94. The molecule has 1 unspecified atom stereocenters. The third-order valence-corrected chi connectivity index (χ3v) is 2.41. The maximum Gasteiger partial charge on any atom is 0.0465 e. The van der Waals surface area contributed by atoms with Crippen molar-refractivity contribution in [2.75, 3.05) is 13.1 Å². The van der Waals surface area contributed by atoms with Gasteiger partial charge in [-0.3, -0.25) is 0 Å². The van der Waals surface area contributed by atoms with Crippen LogP contribution >= 0.6 is 11.6 Å². The van der Waals surface area contributed by atoms with E-state index in [4.69, 9.17) is 11.6 Å². The van der Waals surface area contributed by atoms with E-state index in [0.29, 0.717) is 5.41 Å². The average molecular weight is 220 g/mol. The lowest BCUT2D eigenvalue weighted by Crippen LogP contribution is -2.27. The SMILES string of the molecule is CC(C)CCNCC(Cl)CC(C)(C)C. The van der Waals surface area contributed by atoms with Crippen LogP contribution in [-0.4, -0.2) is 18.5 Å². The predicted octanol–water partition coefficient (Wildman–Crippen LogP) is 3.67. The van der Waals surface area contributed by atoms with Crippen LogP contribution in [0, 0.1) is 11.3 Å². The van der Waals surface area contributed by atoms with Gasteiger partial charge in [0, 0.05) is 11.9 Å². The first-order valence-electron chi connectivity index (χ1n) is 5.66. The number of hydrogen-bond donors (Lipinski definition) is 1. The smallest absolute Gasteiger partial charge is 0.0465 e. The van der Waals surface area contributed by atoms with Gasteiger partial charge in [-0.25, -0.2) is 0 Å². The molecule has 1 atom stereocenters. The predicted molar refractivity (Wildman–Crippen MR) is 66.0 cm³/mol. The highest BCUT2D eigenvalue weighted by atomic mass is 35.5. The van der Waals surface area contributed by atoms with Crippen LogP contribution in [0.25, 0.3) is 0 Å². The minimum Gasteiger partial charge on any atom is -0.315 e. The number of hydrogen-bond acceptors (Lipinski definition) is 1. The second-order valence-corrected chi connectivity index (χ2v) is 6.37. The molecule has 0 fully saturated rings. The van der Waals surface area contributed by atoms with Gasteiger partial charge in [0.05, 0.1) is 0 Å². The van der Waals surface area contributed by atoms with Crippen molar-refractivity contribution in [3.63, 3.8) is 0 Å². The van der Waals surface area contributed by atoms with Gasteiger partial charge in [0.25, 0.3) is 0 Å². The molecule has 0 aliphatic carbocycles. The fraction of sp³-hybridized carbons (Fsp3) is 1.00. The Kier molecular flexibility index (Phi) is 6.80. The highest BCUT2D eigenvalue weighted by Gasteiger charge is 2.16. The summed E-state index contributed by atoms with van der Waals surface area (Å²) in [5, 5.41) is 3.67. The van der Waals surface area contributed by atoms with Gasteiger partial charge in [-0.1, -0.05) is 34.6 Å². The number of rotatable bonds is 6. The molecule has 0 heterocycles. The van der Waals surface area contributed by atoms with Gasteiger partial charge in [-0.05, 0) is 30.7 Å². The molecule has 0 aromatic heterocycles. The number of halogens is 1. The molecular weight excluding hydrogens is 194 g/mol. The normalized spacial score (nSPS) is 14.8. The minimum absolute atomic E-state index is 0.266. The van der Waals surface area contributed by atoms with Gasteiger partial charge in [0.15, 0.2) is 0 Å². The zero-order valence-electron chi connectivity index (χ0n) is 10.4. The number of alkyl halides is 1. The third-order valence-electron chi connectivity index (χ3n) is 2.10. The molecule has 2 heteroatoms. The van der Waals surface area contributed by atoms with Crippen LogP contribution in [0.2, 0.25) is 0 Å². The van der Waals surface area contributed by atoms with E-state index in [1.165, 1.54) is 6.42 Å². The molecule has 0 radical (unpaired) electrons. The lowest BCUT2D eigenvalue weighted by Gasteiger charge is -2.22. The van der Waals surface area contributed by atoms with Crippen molar-refractivity contribution in [3.05, 3.63) is 0 Å². The van der Waals surface area contributed by atoms with E-state index in [0.717, 1.165) is 25.4 Å². The fourth-order valence-electron chi connectivity index (χ4n) is 1.39. The molecule has 0 rings (SSSR count). The summed E-state index contributed by atoms with van der Waals surface area (Å²) in [4.78, 5) is 0. The van der Waals surface area contributed by atoms with Crippen LogP contribution in [0.5, 0.6) is 0 Å². The standard InChI is InChI=1S/C12H26ClN/c1-10(2)6-7-14-9-11(13)8-12(3,4)5/h10-11,14H,6-9H2,1-5H3. The molecule has 0 aliphatic rings. The van der Waals surface area contributed by atoms with Crippen LogP contribution in [0.1, 0.15) is 47.5 Å². The highest BCUT2D eigenvalue weighted by Crippen LogP contribution is 2.23. The van der Waals surface area contributed by atoms with Crippen LogP contribution in [0.4, 0.5) is 0 Å². The van der Waals surface area contributed by atoms with Gasteiger partial charge in [-0.15, -0.1) is 11.6 Å². The maximum absolute atomic E-state index is 6.22. The molecule has 1 nitrogen and oxygen atoms in total. The topological polar surface area (TPSA) is 12.0 Å². The highest BCUT2D eigenvalue weighted by molar-refractivity contribution is 6.20. The van der Waals surface area contributed by atoms with Gasteiger partial charge < -0.3 is 5.32 Å². The van der Waals surface area contributed by atoms with E-state index in [1.807, 2.05) is 0 Å². The van der Waals surface area contributed by atoms with Crippen molar-refractivity contribution in [2.24, 2.45) is 11.3 Å². The second kappa shape index (κ2) is 6.68. The van der Waals surface area contributed by atoms with Gasteiger partial charge in [0.2, 0.25) is 0 Å². The second-order valence-electron chi connectivity index (χ2n) is 5.75. The van der Waals surface area contributed by atoms with E-state index in [1.54, 1.807) is 0 Å². The van der Waals surface area contributed by atoms with Crippen molar-refractivity contribution in [3.8, 4) is 0 Å². The Balaban J connectivity index is 3.40. The lowest BCUT2D eigenvalue weighted by molar-refractivity contribution is 0.363. The Bertz CT molecular complexity index is 138. The maximum atomic E-state index is 6.22. The Hall–Kier alpha value is 0.250. The van der Waals surface area contributed by atoms with Crippen LogP contribution in [0.3, 0.4) is 0 Å². The van der Waals surface area contributed by atoms with E-state index in [9.17, 15) is 0 Å². The van der Waals surface area contributed by atoms with Gasteiger partial charge in [0.1, 0.15) is 0 Å². The van der Waals surface area contributed by atoms with Crippen LogP contribution in [0.15, 0.2) is 0 Å². The summed E-state index contributed by atoms with van der Waals surface area (Å²) in [5.41, 5.74) is 0.339. The Labute approximate surface area is 94.6 Å². The molecule has 0 bridgehead atoms. The summed E-state index contributed by atoms with van der Waals surface area (Å²) in [6, 6.07) is 0. The van der Waals surface area contributed by atoms with E-state index >= 15 is 0 Å². The summed E-state index contributed by atoms with van der Waals surface area (Å²) in [6.45, 7) is 13.2. The Morgan fingerprint density at radius 3 is 2.21 bits per heavy atom. The first-order chi connectivity index (χ1) is 6.31. The monoisotopic (exact) mass is 219 g/mol. The summed E-state index contributed by atoms with van der Waals surface area (Å²) in [6.07, 6.45) is 2.31. The lowest BCUT2D eigenvalue weighted by atomic mass is 9.90. The van der Waals surface area contributed by atoms with E-state index < -0.39 is 0 Å². The summed E-state index contributed by atoms with van der Waals surface area (Å²) in [5.74, 6) is 0.777. The minimum atomic E-state index is 0.266. The molecule has 0 aromatic carbocycles. The summed E-state index contributed by atoms with van der Waals surface area (Å²) < 4.78 is 0. The third kappa shape index (κ3) is 10.3. The quantitative estimate of drug-likeness (QED) is 0.531. The van der Waals surface area contributed by atoms with Gasteiger partial charge in [-0.2, -0.15) is 0 Å². The summed E-state index contributed by atoms with van der Waals surface area (Å²) >= 11 is 6.22. The largest absolute Gasteiger partial charge is 0.315 e. The zero-order chi connectivity index (χ0) is 11.2. The molecule has 14 heavy (non-hydrogen) atoms. The summed E-state index contributed by atoms with van der Waals surface area (Å²) in [7, 11) is 0. The van der Waals surface area contributed by atoms with Crippen molar-refractivity contribution in [1.82, 2.24) is 5.32 Å². The van der Waals surface area contributed by atoms with E-state index in [-0.39, 0.29) is 5.38 Å². The zero-order valence-corrected chi connectivity index (χ0v) is 11.1. The molecule has 0 saturated carbocycles. The van der Waals surface area contributed by atoms with Crippen molar-refractivity contribution >= 4 is 11.6 Å². The van der Waals surface area contributed by atoms with Crippen LogP contribution < -0.4 is 5.32 Å². The number of nitrogens with one attached hydrogen (secondary N) is 1. The van der Waals surface area contributed by atoms with Crippen molar-refractivity contribution < 1.29 is 0 Å². The van der Waals surface area contributed by atoms with E-state index in [2.05, 4.69) is 39.9 Å². The van der Waals surface area contributed by atoms with Crippen LogP contribution in [-0.2, 0) is 0 Å². The van der Waals surface area contributed by atoms with Crippen molar-refractivity contribution in [1.29, 1.82) is 0 Å². The van der Waals surface area contributed by atoms with Gasteiger partial charge >= 0.3 is 0 Å². The fourth-order valence-corrected chi connectivity index (χ4v) is 1.96. The molecular formula is C12H26ClN. The molecule has 0 spiro atoms. The molecule has 0 saturated heterocycles. The Morgan fingerprint density at radius 1 is 1.21 bits per heavy atom. The molecule has 1 N–H and O–H groups in total. The Morgan fingerprint density at radius 2 is 1.79 bits per heavy atom. The van der Waals surface area contributed by atoms with Crippen molar-refractivity contribution in [2.45, 2.75) is 52.8 Å². The molecule has 0 aromatic rings. The molecule has 0 amide bonds. The molecule has 0 aliphatic heterocycles. The molecule has 86 valence electrons. The first-order valence-corrected chi connectivity index (χ1v) is 6.09. The first kappa shape index (κ1) is 14.2.